The number of rotatable bonds is 5. The lowest BCUT2D eigenvalue weighted by Crippen LogP contribution is -2.38. The number of nitrogens with one attached hydrogen (secondary N) is 1. The highest BCUT2D eigenvalue weighted by Gasteiger charge is 2.43. The van der Waals surface area contributed by atoms with Gasteiger partial charge in [-0.25, -0.2) is 4.79 Å². The van der Waals surface area contributed by atoms with Crippen molar-refractivity contribution in [1.29, 1.82) is 0 Å². The summed E-state index contributed by atoms with van der Waals surface area (Å²) in [4.78, 5) is 26.2. The maximum atomic E-state index is 13.2. The molecule has 1 heterocycles. The summed E-state index contributed by atoms with van der Waals surface area (Å²) >= 11 is 0. The molecule has 2 aliphatic rings. The first-order chi connectivity index (χ1) is 13.6. The molecular formula is C24H31NO4. The summed E-state index contributed by atoms with van der Waals surface area (Å²) in [5, 5.41) is 3.36. The zero-order valence-corrected chi connectivity index (χ0v) is 18.2. The molecule has 0 saturated heterocycles. The Morgan fingerprint density at radius 3 is 2.45 bits per heavy atom. The Morgan fingerprint density at radius 1 is 1.21 bits per heavy atom. The number of hydrogen-bond acceptors (Lipinski definition) is 5. The summed E-state index contributed by atoms with van der Waals surface area (Å²) in [7, 11) is 1.62. The summed E-state index contributed by atoms with van der Waals surface area (Å²) < 4.78 is 10.8. The first-order valence-corrected chi connectivity index (χ1v) is 10.2. The lowest BCUT2D eigenvalue weighted by Gasteiger charge is -2.39. The zero-order valence-electron chi connectivity index (χ0n) is 18.2. The Morgan fingerprint density at radius 2 is 1.86 bits per heavy atom. The molecule has 1 aliphatic heterocycles. The minimum atomic E-state index is -0.430. The van der Waals surface area contributed by atoms with Crippen molar-refractivity contribution >= 4 is 11.8 Å². The topological polar surface area (TPSA) is 64.6 Å². The molecule has 29 heavy (non-hydrogen) atoms. The van der Waals surface area contributed by atoms with Gasteiger partial charge in [0.2, 0.25) is 0 Å². The van der Waals surface area contributed by atoms with E-state index in [9.17, 15) is 9.59 Å². The highest BCUT2D eigenvalue weighted by molar-refractivity contribution is 6.04. The van der Waals surface area contributed by atoms with Crippen molar-refractivity contribution in [3.63, 3.8) is 0 Å². The monoisotopic (exact) mass is 397 g/mol. The smallest absolute Gasteiger partial charge is 0.336 e. The molecule has 1 N–H and O–H groups in total. The van der Waals surface area contributed by atoms with Crippen molar-refractivity contribution in [2.24, 2.45) is 11.3 Å². The van der Waals surface area contributed by atoms with Gasteiger partial charge in [-0.2, -0.15) is 0 Å². The average molecular weight is 398 g/mol. The fourth-order valence-corrected chi connectivity index (χ4v) is 4.16. The Bertz CT molecular complexity index is 875. The number of benzene rings is 1. The van der Waals surface area contributed by atoms with Crippen LogP contribution in [0.1, 0.15) is 58.9 Å². The molecule has 1 aromatic rings. The van der Waals surface area contributed by atoms with Crippen LogP contribution in [0.5, 0.6) is 5.75 Å². The van der Waals surface area contributed by atoms with Crippen LogP contribution in [-0.2, 0) is 14.3 Å². The van der Waals surface area contributed by atoms with Crippen molar-refractivity contribution < 1.29 is 19.1 Å². The van der Waals surface area contributed by atoms with Gasteiger partial charge in [-0.3, -0.25) is 4.79 Å². The number of ether oxygens (including phenoxy) is 2. The van der Waals surface area contributed by atoms with Crippen LogP contribution in [0.25, 0.3) is 0 Å². The molecule has 0 bridgehead atoms. The fraction of sp³-hybridized carbons (Fsp3) is 0.500. The molecule has 1 aliphatic carbocycles. The van der Waals surface area contributed by atoms with E-state index >= 15 is 0 Å². The number of ketones is 1. The molecule has 5 heteroatoms. The number of methoxy groups -OCH3 is 1. The van der Waals surface area contributed by atoms with Crippen LogP contribution < -0.4 is 10.1 Å². The van der Waals surface area contributed by atoms with Gasteiger partial charge in [0.1, 0.15) is 5.75 Å². The second-order valence-electron chi connectivity index (χ2n) is 9.20. The number of hydrogen-bond donors (Lipinski definition) is 1. The van der Waals surface area contributed by atoms with Crippen LogP contribution in [0, 0.1) is 11.3 Å². The highest BCUT2D eigenvalue weighted by atomic mass is 16.5. The van der Waals surface area contributed by atoms with Crippen molar-refractivity contribution in [2.75, 3.05) is 13.7 Å². The first-order valence-electron chi connectivity index (χ1n) is 10.2. The van der Waals surface area contributed by atoms with Crippen molar-refractivity contribution in [1.82, 2.24) is 5.32 Å². The number of dihydropyridines is 1. The minimum Gasteiger partial charge on any atom is -0.497 e. The molecule has 0 spiro atoms. The summed E-state index contributed by atoms with van der Waals surface area (Å²) in [5.74, 6) is 0.265. The van der Waals surface area contributed by atoms with E-state index in [0.29, 0.717) is 24.2 Å². The van der Waals surface area contributed by atoms with E-state index in [0.717, 1.165) is 29.1 Å². The molecule has 3 rings (SSSR count). The van der Waals surface area contributed by atoms with Crippen LogP contribution >= 0.6 is 0 Å². The van der Waals surface area contributed by atoms with Crippen LogP contribution in [-0.4, -0.2) is 25.5 Å². The van der Waals surface area contributed by atoms with Gasteiger partial charge < -0.3 is 14.8 Å². The third kappa shape index (κ3) is 4.39. The van der Waals surface area contributed by atoms with Gasteiger partial charge in [-0.15, -0.1) is 0 Å². The van der Waals surface area contributed by atoms with E-state index in [-0.39, 0.29) is 23.1 Å². The van der Waals surface area contributed by atoms with Gasteiger partial charge in [-0.05, 0) is 42.4 Å². The summed E-state index contributed by atoms with van der Waals surface area (Å²) in [6.07, 6.45) is 1.24. The van der Waals surface area contributed by atoms with Gasteiger partial charge >= 0.3 is 5.97 Å². The van der Waals surface area contributed by atoms with E-state index in [1.165, 1.54) is 0 Å². The molecule has 1 atom stereocenters. The average Bonchev–Trinajstić information content (AvgIpc) is 2.64. The third-order valence-corrected chi connectivity index (χ3v) is 5.46. The highest BCUT2D eigenvalue weighted by Crippen LogP contribution is 2.46. The normalized spacial score (nSPS) is 21.1. The van der Waals surface area contributed by atoms with E-state index in [1.807, 2.05) is 45.0 Å². The predicted molar refractivity (Wildman–Crippen MR) is 112 cm³/mol. The second kappa shape index (κ2) is 8.05. The second-order valence-corrected chi connectivity index (χ2v) is 9.20. The van der Waals surface area contributed by atoms with Crippen molar-refractivity contribution in [3.8, 4) is 5.75 Å². The molecule has 156 valence electrons. The summed E-state index contributed by atoms with van der Waals surface area (Å²) in [5.41, 5.74) is 3.67. The lowest BCUT2D eigenvalue weighted by atomic mass is 9.68. The molecule has 0 aromatic heterocycles. The van der Waals surface area contributed by atoms with Gasteiger partial charge in [0.25, 0.3) is 0 Å². The number of carbonyl (C=O) groups excluding carboxylic acids is 2. The van der Waals surface area contributed by atoms with E-state index in [2.05, 4.69) is 19.2 Å². The fourth-order valence-electron chi connectivity index (χ4n) is 4.16. The van der Waals surface area contributed by atoms with E-state index in [4.69, 9.17) is 9.47 Å². The maximum absolute atomic E-state index is 13.2. The Labute approximate surface area is 173 Å². The molecule has 1 aromatic carbocycles. The predicted octanol–water partition coefficient (Wildman–Crippen LogP) is 4.50. The number of carbonyl (C=O) groups is 2. The van der Waals surface area contributed by atoms with Crippen LogP contribution in [0.3, 0.4) is 0 Å². The SMILES string of the molecule is COc1ccc([C@H]2C(C(=O)OCC(C)C)=C(C)NC3=C2C(=O)CC(C)(C)C3)cc1. The van der Waals surface area contributed by atoms with Crippen LogP contribution in [0.15, 0.2) is 46.8 Å². The van der Waals surface area contributed by atoms with E-state index in [1.54, 1.807) is 7.11 Å². The third-order valence-electron chi connectivity index (χ3n) is 5.46. The largest absolute Gasteiger partial charge is 0.497 e. The van der Waals surface area contributed by atoms with Gasteiger partial charge in [0, 0.05) is 29.3 Å². The minimum absolute atomic E-state index is 0.0891. The van der Waals surface area contributed by atoms with E-state index < -0.39 is 5.92 Å². The van der Waals surface area contributed by atoms with Crippen molar-refractivity contribution in [3.05, 3.63) is 52.4 Å². The molecule has 0 radical (unpaired) electrons. The Kier molecular flexibility index (Phi) is 5.87. The van der Waals surface area contributed by atoms with Crippen LogP contribution in [0.2, 0.25) is 0 Å². The van der Waals surface area contributed by atoms with Crippen LogP contribution in [0.4, 0.5) is 0 Å². The number of Topliss-reactive ketones (excluding diaryl/α,β-unsaturated/α-hetero) is 1. The van der Waals surface area contributed by atoms with Crippen molar-refractivity contribution in [2.45, 2.75) is 53.4 Å². The summed E-state index contributed by atoms with van der Waals surface area (Å²) in [6.45, 7) is 10.4. The zero-order chi connectivity index (χ0) is 21.3. The Balaban J connectivity index is 2.09. The number of esters is 1. The molecule has 5 nitrogen and oxygen atoms in total. The summed E-state index contributed by atoms with van der Waals surface area (Å²) in [6, 6.07) is 7.58. The quantitative estimate of drug-likeness (QED) is 0.741. The lowest BCUT2D eigenvalue weighted by molar-refractivity contribution is -0.140. The number of allylic oxidation sites excluding steroid dienone is 3. The Hall–Kier alpha value is -2.56. The van der Waals surface area contributed by atoms with Gasteiger partial charge in [-0.1, -0.05) is 39.8 Å². The molecular weight excluding hydrogens is 366 g/mol. The molecule has 0 unspecified atom stereocenters. The standard InChI is InChI=1S/C24H31NO4/c1-14(2)13-29-23(27)20-15(3)25-18-11-24(4,5)12-19(26)22(18)21(20)16-7-9-17(28-6)10-8-16/h7-10,14,21,25H,11-13H2,1-6H3/t21-/m0/s1. The van der Waals surface area contributed by atoms with Gasteiger partial charge in [0.15, 0.2) is 5.78 Å². The molecule has 0 saturated carbocycles. The first kappa shape index (κ1) is 21.2. The molecule has 0 fully saturated rings. The van der Waals surface area contributed by atoms with Gasteiger partial charge in [0.05, 0.1) is 19.3 Å². The maximum Gasteiger partial charge on any atom is 0.336 e. The molecule has 0 amide bonds.